The van der Waals surface area contributed by atoms with Gasteiger partial charge < -0.3 is 13.9 Å². The minimum Gasteiger partial charge on any atom is -0.477 e. The topological polar surface area (TPSA) is 89.4 Å². The Morgan fingerprint density at radius 3 is 2.47 bits per heavy atom. The highest BCUT2D eigenvalue weighted by atomic mass is 35.5. The van der Waals surface area contributed by atoms with Crippen molar-refractivity contribution < 1.29 is 18.7 Å². The van der Waals surface area contributed by atoms with Gasteiger partial charge in [-0.15, -0.1) is 10.2 Å². The molecule has 6 nitrogen and oxygen atoms in total. The van der Waals surface area contributed by atoms with E-state index < -0.39 is 5.97 Å². The molecule has 0 saturated carbocycles. The summed E-state index contributed by atoms with van der Waals surface area (Å²) in [5, 5.41) is 18.8. The molecule has 0 bridgehead atoms. The first-order chi connectivity index (χ1) is 14.6. The SMILES string of the molecule is O=C(O)/C(=C/c1ccc(Sc2ccccc2)o1)Sc1nnc(-c2ccc(Cl)cc2)o1. The highest BCUT2D eigenvalue weighted by molar-refractivity contribution is 8.03. The fraction of sp³-hybridized carbons (Fsp3) is 0. The molecule has 0 atom stereocenters. The van der Waals surface area contributed by atoms with Crippen LogP contribution in [0.3, 0.4) is 0 Å². The van der Waals surface area contributed by atoms with Gasteiger partial charge in [0.15, 0.2) is 5.09 Å². The van der Waals surface area contributed by atoms with Gasteiger partial charge >= 0.3 is 5.97 Å². The Kier molecular flexibility index (Phi) is 6.27. The fourth-order valence-corrected chi connectivity index (χ4v) is 3.97. The van der Waals surface area contributed by atoms with Crippen LogP contribution in [0.25, 0.3) is 17.5 Å². The van der Waals surface area contributed by atoms with E-state index in [4.69, 9.17) is 20.4 Å². The normalized spacial score (nSPS) is 11.6. The molecule has 2 aromatic carbocycles. The van der Waals surface area contributed by atoms with Crippen LogP contribution in [0.15, 0.2) is 95.7 Å². The van der Waals surface area contributed by atoms with Gasteiger partial charge in [-0.05, 0) is 60.3 Å². The summed E-state index contributed by atoms with van der Waals surface area (Å²) in [5.41, 5.74) is 0.688. The van der Waals surface area contributed by atoms with E-state index in [-0.39, 0.29) is 16.0 Å². The van der Waals surface area contributed by atoms with Crippen LogP contribution in [0.1, 0.15) is 5.76 Å². The molecule has 0 aliphatic carbocycles. The number of carboxylic acid groups (broad SMARTS) is 1. The predicted molar refractivity (Wildman–Crippen MR) is 115 cm³/mol. The number of halogens is 1. The lowest BCUT2D eigenvalue weighted by atomic mass is 10.2. The quantitative estimate of drug-likeness (QED) is 0.254. The van der Waals surface area contributed by atoms with Crippen LogP contribution in [-0.4, -0.2) is 21.3 Å². The van der Waals surface area contributed by atoms with E-state index in [1.54, 1.807) is 36.4 Å². The zero-order valence-electron chi connectivity index (χ0n) is 15.2. The lowest BCUT2D eigenvalue weighted by molar-refractivity contribution is -0.131. The molecule has 4 aromatic rings. The van der Waals surface area contributed by atoms with Crippen LogP contribution in [0.5, 0.6) is 0 Å². The zero-order chi connectivity index (χ0) is 20.9. The van der Waals surface area contributed by atoms with Gasteiger partial charge in [0.05, 0.1) is 0 Å². The van der Waals surface area contributed by atoms with Crippen molar-refractivity contribution in [2.75, 3.05) is 0 Å². The Labute approximate surface area is 185 Å². The van der Waals surface area contributed by atoms with Gasteiger partial charge in [0, 0.05) is 21.6 Å². The molecule has 0 radical (unpaired) electrons. The van der Waals surface area contributed by atoms with Gasteiger partial charge in [-0.3, -0.25) is 0 Å². The Morgan fingerprint density at radius 2 is 1.73 bits per heavy atom. The molecule has 2 heterocycles. The number of aromatic nitrogens is 2. The third-order valence-corrected chi connectivity index (χ3v) is 5.78. The van der Waals surface area contributed by atoms with E-state index >= 15 is 0 Å². The van der Waals surface area contributed by atoms with Crippen LogP contribution >= 0.6 is 35.1 Å². The second kappa shape index (κ2) is 9.25. The number of carboxylic acids is 1. The first kappa shape index (κ1) is 20.3. The van der Waals surface area contributed by atoms with Gasteiger partial charge in [0.2, 0.25) is 5.89 Å². The number of aliphatic carboxylic acids is 1. The molecule has 150 valence electrons. The van der Waals surface area contributed by atoms with Crippen molar-refractivity contribution in [1.82, 2.24) is 10.2 Å². The maximum atomic E-state index is 11.7. The smallest absolute Gasteiger partial charge is 0.342 e. The van der Waals surface area contributed by atoms with E-state index in [9.17, 15) is 9.90 Å². The molecule has 0 unspecified atom stereocenters. The monoisotopic (exact) mass is 456 g/mol. The van der Waals surface area contributed by atoms with Crippen LogP contribution in [-0.2, 0) is 4.79 Å². The highest BCUT2D eigenvalue weighted by Crippen LogP contribution is 2.33. The summed E-state index contributed by atoms with van der Waals surface area (Å²) in [6.07, 6.45) is 1.42. The molecule has 9 heteroatoms. The van der Waals surface area contributed by atoms with Gasteiger partial charge in [-0.1, -0.05) is 41.6 Å². The molecule has 4 rings (SSSR count). The summed E-state index contributed by atoms with van der Waals surface area (Å²) in [4.78, 5) is 12.7. The number of nitrogens with zero attached hydrogens (tertiary/aromatic N) is 2. The van der Waals surface area contributed by atoms with Crippen molar-refractivity contribution in [2.45, 2.75) is 15.2 Å². The van der Waals surface area contributed by atoms with Crippen molar-refractivity contribution in [1.29, 1.82) is 0 Å². The number of hydrogen-bond donors (Lipinski definition) is 1. The summed E-state index contributed by atoms with van der Waals surface area (Å²) in [6.45, 7) is 0. The predicted octanol–water partition coefficient (Wildman–Crippen LogP) is 6.35. The minimum absolute atomic E-state index is 0.00748. The van der Waals surface area contributed by atoms with E-state index in [0.717, 1.165) is 16.7 Å². The number of thioether (sulfide) groups is 1. The van der Waals surface area contributed by atoms with Gasteiger partial charge in [-0.2, -0.15) is 0 Å². The van der Waals surface area contributed by atoms with Crippen molar-refractivity contribution in [3.63, 3.8) is 0 Å². The number of rotatable bonds is 7. The molecule has 0 amide bonds. The Morgan fingerprint density at radius 1 is 0.967 bits per heavy atom. The van der Waals surface area contributed by atoms with Gasteiger partial charge in [0.25, 0.3) is 5.22 Å². The van der Waals surface area contributed by atoms with Crippen LogP contribution in [0.4, 0.5) is 0 Å². The average molecular weight is 457 g/mol. The molecule has 30 heavy (non-hydrogen) atoms. The van der Waals surface area contributed by atoms with Crippen molar-refractivity contribution >= 4 is 47.2 Å². The second-order valence-electron chi connectivity index (χ2n) is 5.87. The molecular weight excluding hydrogens is 444 g/mol. The molecular formula is C21H13ClN2O4S2. The summed E-state index contributed by atoms with van der Waals surface area (Å²) in [7, 11) is 0. The minimum atomic E-state index is -1.13. The molecule has 0 fully saturated rings. The van der Waals surface area contributed by atoms with Gasteiger partial charge in [0.1, 0.15) is 10.7 Å². The molecule has 0 saturated heterocycles. The van der Waals surface area contributed by atoms with E-state index in [2.05, 4.69) is 10.2 Å². The molecule has 0 spiro atoms. The Balaban J connectivity index is 1.50. The van der Waals surface area contributed by atoms with Crippen molar-refractivity contribution in [3.8, 4) is 11.5 Å². The standard InChI is InChI=1S/C21H13ClN2O4S2/c22-14-8-6-13(7-9-14)19-23-24-21(28-19)30-17(20(25)26)12-15-10-11-18(27-15)29-16-4-2-1-3-5-16/h1-12H,(H,25,26)/b17-12-. The first-order valence-corrected chi connectivity index (χ1v) is 10.6. The molecule has 1 N–H and O–H groups in total. The Hall–Kier alpha value is -2.94. The third kappa shape index (κ3) is 5.15. The molecule has 0 aliphatic heterocycles. The summed E-state index contributed by atoms with van der Waals surface area (Å²) < 4.78 is 11.3. The molecule has 2 aromatic heterocycles. The number of carbonyl (C=O) groups is 1. The molecule has 0 aliphatic rings. The second-order valence-corrected chi connectivity index (χ2v) is 8.38. The van der Waals surface area contributed by atoms with E-state index in [1.165, 1.54) is 17.8 Å². The van der Waals surface area contributed by atoms with Crippen molar-refractivity contribution in [3.05, 3.63) is 82.4 Å². The summed E-state index contributed by atoms with van der Waals surface area (Å²) in [5.74, 6) is -0.436. The largest absolute Gasteiger partial charge is 0.477 e. The van der Waals surface area contributed by atoms with Crippen LogP contribution in [0, 0.1) is 0 Å². The van der Waals surface area contributed by atoms with Crippen LogP contribution < -0.4 is 0 Å². The average Bonchev–Trinajstić information content (AvgIpc) is 3.38. The number of benzene rings is 2. The maximum Gasteiger partial charge on any atom is 0.342 e. The zero-order valence-corrected chi connectivity index (χ0v) is 17.6. The number of furan rings is 1. The summed E-state index contributed by atoms with van der Waals surface area (Å²) >= 11 is 8.18. The third-order valence-electron chi connectivity index (χ3n) is 3.74. The number of hydrogen-bond acceptors (Lipinski definition) is 7. The highest BCUT2D eigenvalue weighted by Gasteiger charge is 2.17. The van der Waals surface area contributed by atoms with Crippen LogP contribution in [0.2, 0.25) is 5.02 Å². The van der Waals surface area contributed by atoms with Gasteiger partial charge in [-0.25, -0.2) is 4.79 Å². The van der Waals surface area contributed by atoms with E-state index in [0.29, 0.717) is 21.4 Å². The lowest BCUT2D eigenvalue weighted by Crippen LogP contribution is -1.96. The fourth-order valence-electron chi connectivity index (χ4n) is 2.39. The maximum absolute atomic E-state index is 11.7. The summed E-state index contributed by atoms with van der Waals surface area (Å²) in [6, 6.07) is 20.1. The van der Waals surface area contributed by atoms with E-state index in [1.807, 2.05) is 30.3 Å². The van der Waals surface area contributed by atoms with Crippen molar-refractivity contribution in [2.24, 2.45) is 0 Å². The lowest BCUT2D eigenvalue weighted by Gasteiger charge is -1.98. The first-order valence-electron chi connectivity index (χ1n) is 8.62. The Bertz CT molecular complexity index is 1190.